The molecule has 1 atom stereocenters. The smallest absolute Gasteiger partial charge is 0.256 e. The molecule has 6 nitrogen and oxygen atoms in total. The molecule has 1 amide bonds. The lowest BCUT2D eigenvalue weighted by Gasteiger charge is -2.25. The molecule has 0 bridgehead atoms. The summed E-state index contributed by atoms with van der Waals surface area (Å²) >= 11 is 0. The fourth-order valence-electron chi connectivity index (χ4n) is 3.68. The van der Waals surface area contributed by atoms with Crippen molar-refractivity contribution in [3.8, 4) is 0 Å². The Morgan fingerprint density at radius 2 is 2.20 bits per heavy atom. The maximum Gasteiger partial charge on any atom is 0.256 e. The zero-order valence-corrected chi connectivity index (χ0v) is 14.3. The molecule has 1 saturated heterocycles. The number of carbonyl (C=O) groups excluding carboxylic acids is 1. The number of hydrogen-bond donors (Lipinski definition) is 1. The maximum absolute atomic E-state index is 13.9. The molecule has 4 rings (SSSR count). The Labute approximate surface area is 144 Å². The number of likely N-dealkylation sites (tertiary alicyclic amines) is 1. The summed E-state index contributed by atoms with van der Waals surface area (Å²) in [4.78, 5) is 22.0. The number of aromatic nitrogens is 4. The summed E-state index contributed by atoms with van der Waals surface area (Å²) in [6.07, 6.45) is 3.34. The lowest BCUT2D eigenvalue weighted by molar-refractivity contribution is 0.0722. The van der Waals surface area contributed by atoms with Crippen molar-refractivity contribution in [3.63, 3.8) is 0 Å². The zero-order chi connectivity index (χ0) is 17.6. The third kappa shape index (κ3) is 2.79. The van der Waals surface area contributed by atoms with Crippen molar-refractivity contribution in [3.05, 3.63) is 47.3 Å². The number of amides is 1. The highest BCUT2D eigenvalue weighted by Gasteiger charge is 2.31. The van der Waals surface area contributed by atoms with E-state index in [9.17, 15) is 9.18 Å². The molecule has 1 aliphatic heterocycles. The number of nitrogens with zero attached hydrogens (tertiary/aromatic N) is 4. The Morgan fingerprint density at radius 3 is 2.96 bits per heavy atom. The SMILES string of the molecule is Cc1cc(C)n(CC2CCCN2C(=O)c2cc(F)cc3[nH]cnc23)n1. The van der Waals surface area contributed by atoms with Crippen molar-refractivity contribution >= 4 is 16.9 Å². The summed E-state index contributed by atoms with van der Waals surface area (Å²) in [7, 11) is 0. The van der Waals surface area contributed by atoms with Crippen LogP contribution in [0.3, 0.4) is 0 Å². The van der Waals surface area contributed by atoms with Crippen LogP contribution in [0.2, 0.25) is 0 Å². The van der Waals surface area contributed by atoms with Crippen LogP contribution < -0.4 is 0 Å². The molecular weight excluding hydrogens is 321 g/mol. The summed E-state index contributed by atoms with van der Waals surface area (Å²) < 4.78 is 15.8. The molecule has 0 radical (unpaired) electrons. The number of aryl methyl sites for hydroxylation is 2. The molecule has 1 aromatic carbocycles. The molecule has 0 aliphatic carbocycles. The van der Waals surface area contributed by atoms with E-state index in [1.165, 1.54) is 18.5 Å². The van der Waals surface area contributed by atoms with E-state index in [1.807, 2.05) is 29.5 Å². The van der Waals surface area contributed by atoms with Gasteiger partial charge in [0.05, 0.1) is 35.7 Å². The molecule has 1 aliphatic rings. The maximum atomic E-state index is 13.9. The van der Waals surface area contributed by atoms with E-state index in [-0.39, 0.29) is 11.9 Å². The van der Waals surface area contributed by atoms with Gasteiger partial charge in [-0.05, 0) is 44.9 Å². The molecule has 3 aromatic rings. The van der Waals surface area contributed by atoms with Gasteiger partial charge in [-0.25, -0.2) is 9.37 Å². The van der Waals surface area contributed by atoms with Gasteiger partial charge in [-0.1, -0.05) is 0 Å². The predicted molar refractivity (Wildman–Crippen MR) is 91.8 cm³/mol. The van der Waals surface area contributed by atoms with Gasteiger partial charge in [0.15, 0.2) is 0 Å². The van der Waals surface area contributed by atoms with E-state index in [0.29, 0.717) is 29.7 Å². The molecule has 3 heterocycles. The van der Waals surface area contributed by atoms with Gasteiger partial charge in [-0.15, -0.1) is 0 Å². The Bertz CT molecular complexity index is 944. The standard InChI is InChI=1S/C18H20FN5O/c1-11-6-12(2)24(22-11)9-14-4-3-5-23(14)18(25)15-7-13(19)8-16-17(15)21-10-20-16/h6-8,10,14H,3-5,9H2,1-2H3,(H,20,21). The van der Waals surface area contributed by atoms with Gasteiger partial charge in [-0.2, -0.15) is 5.10 Å². The number of carbonyl (C=O) groups is 1. The average molecular weight is 341 g/mol. The Balaban J connectivity index is 1.64. The van der Waals surface area contributed by atoms with Crippen LogP contribution in [0.15, 0.2) is 24.5 Å². The van der Waals surface area contributed by atoms with Crippen LogP contribution in [-0.2, 0) is 6.54 Å². The lowest BCUT2D eigenvalue weighted by Crippen LogP contribution is -2.38. The number of aromatic amines is 1. The van der Waals surface area contributed by atoms with Crippen LogP contribution in [-0.4, -0.2) is 43.1 Å². The molecule has 2 aromatic heterocycles. The first kappa shape index (κ1) is 15.8. The minimum absolute atomic E-state index is 0.0581. The van der Waals surface area contributed by atoms with Gasteiger partial charge in [0.25, 0.3) is 5.91 Å². The fraction of sp³-hybridized carbons (Fsp3) is 0.389. The zero-order valence-electron chi connectivity index (χ0n) is 14.3. The second-order valence-corrected chi connectivity index (χ2v) is 6.66. The molecule has 0 saturated carbocycles. The first-order chi connectivity index (χ1) is 12.0. The summed E-state index contributed by atoms with van der Waals surface area (Å²) in [5, 5.41) is 4.50. The van der Waals surface area contributed by atoms with Crippen LogP contribution in [0.4, 0.5) is 4.39 Å². The van der Waals surface area contributed by atoms with Gasteiger partial charge in [0.2, 0.25) is 0 Å². The second-order valence-electron chi connectivity index (χ2n) is 6.66. The normalized spacial score (nSPS) is 17.6. The molecular formula is C18H20FN5O. The van der Waals surface area contributed by atoms with Crippen molar-refractivity contribution in [2.45, 2.75) is 39.3 Å². The molecule has 7 heteroatoms. The third-order valence-electron chi connectivity index (χ3n) is 4.84. The van der Waals surface area contributed by atoms with Gasteiger partial charge in [-0.3, -0.25) is 9.48 Å². The van der Waals surface area contributed by atoms with E-state index in [4.69, 9.17) is 0 Å². The topological polar surface area (TPSA) is 66.8 Å². The van der Waals surface area contributed by atoms with E-state index in [2.05, 4.69) is 15.1 Å². The van der Waals surface area contributed by atoms with Crippen molar-refractivity contribution in [1.29, 1.82) is 0 Å². The number of hydrogen-bond acceptors (Lipinski definition) is 3. The monoisotopic (exact) mass is 341 g/mol. The highest BCUT2D eigenvalue weighted by Crippen LogP contribution is 2.25. The Morgan fingerprint density at radius 1 is 1.36 bits per heavy atom. The summed E-state index contributed by atoms with van der Waals surface area (Å²) in [5.41, 5.74) is 3.42. The van der Waals surface area contributed by atoms with E-state index in [0.717, 1.165) is 24.2 Å². The van der Waals surface area contributed by atoms with Gasteiger partial charge >= 0.3 is 0 Å². The number of rotatable bonds is 3. The van der Waals surface area contributed by atoms with Crippen LogP contribution in [0.5, 0.6) is 0 Å². The predicted octanol–water partition coefficient (Wildman–Crippen LogP) is 2.82. The number of halogens is 1. The molecule has 1 fully saturated rings. The average Bonchev–Trinajstić information content (AvgIpc) is 3.27. The first-order valence-corrected chi connectivity index (χ1v) is 8.47. The quantitative estimate of drug-likeness (QED) is 0.796. The van der Waals surface area contributed by atoms with Crippen LogP contribution in [0, 0.1) is 19.7 Å². The summed E-state index contributed by atoms with van der Waals surface area (Å²) in [6, 6.07) is 4.73. The Kier molecular flexibility index (Phi) is 3.78. The van der Waals surface area contributed by atoms with E-state index >= 15 is 0 Å². The second kappa shape index (κ2) is 5.98. The number of nitrogens with one attached hydrogen (secondary N) is 1. The number of H-pyrrole nitrogens is 1. The molecule has 130 valence electrons. The van der Waals surface area contributed by atoms with Gasteiger partial charge < -0.3 is 9.88 Å². The fourth-order valence-corrected chi connectivity index (χ4v) is 3.68. The summed E-state index contributed by atoms with van der Waals surface area (Å²) in [5.74, 6) is -0.602. The largest absolute Gasteiger partial charge is 0.344 e. The number of fused-ring (bicyclic) bond motifs is 1. The van der Waals surface area contributed by atoms with Gasteiger partial charge in [0.1, 0.15) is 11.3 Å². The van der Waals surface area contributed by atoms with Crippen molar-refractivity contribution in [2.75, 3.05) is 6.54 Å². The number of imidazole rings is 1. The minimum atomic E-state index is -0.436. The third-order valence-corrected chi connectivity index (χ3v) is 4.84. The molecule has 1 unspecified atom stereocenters. The lowest BCUT2D eigenvalue weighted by atomic mass is 10.1. The highest BCUT2D eigenvalue weighted by atomic mass is 19.1. The number of benzene rings is 1. The van der Waals surface area contributed by atoms with E-state index < -0.39 is 5.82 Å². The van der Waals surface area contributed by atoms with Crippen molar-refractivity contribution < 1.29 is 9.18 Å². The Hall–Kier alpha value is -2.70. The van der Waals surface area contributed by atoms with Crippen molar-refractivity contribution in [2.24, 2.45) is 0 Å². The van der Waals surface area contributed by atoms with Crippen LogP contribution in [0.25, 0.3) is 11.0 Å². The van der Waals surface area contributed by atoms with E-state index in [1.54, 1.807) is 0 Å². The summed E-state index contributed by atoms with van der Waals surface area (Å²) in [6.45, 7) is 5.30. The molecule has 1 N–H and O–H groups in total. The molecule has 0 spiro atoms. The van der Waals surface area contributed by atoms with Crippen molar-refractivity contribution in [1.82, 2.24) is 24.6 Å². The van der Waals surface area contributed by atoms with Crippen LogP contribution in [0.1, 0.15) is 34.6 Å². The first-order valence-electron chi connectivity index (χ1n) is 8.47. The minimum Gasteiger partial charge on any atom is -0.344 e. The van der Waals surface area contributed by atoms with Gasteiger partial charge in [0, 0.05) is 12.2 Å². The molecule has 25 heavy (non-hydrogen) atoms. The highest BCUT2D eigenvalue weighted by molar-refractivity contribution is 6.05. The van der Waals surface area contributed by atoms with Crippen LogP contribution >= 0.6 is 0 Å².